The molecule has 0 saturated carbocycles. The summed E-state index contributed by atoms with van der Waals surface area (Å²) in [5, 5.41) is 5.93. The molecule has 0 atom stereocenters. The van der Waals surface area contributed by atoms with Gasteiger partial charge in [0.1, 0.15) is 0 Å². The summed E-state index contributed by atoms with van der Waals surface area (Å²) in [5.74, 6) is -0.720. The molecule has 0 bridgehead atoms. The molecule has 0 fully saturated rings. The van der Waals surface area contributed by atoms with E-state index in [2.05, 4.69) is 31.4 Å². The van der Waals surface area contributed by atoms with Gasteiger partial charge in [-0.3, -0.25) is 4.79 Å². The second-order valence-corrected chi connectivity index (χ2v) is 6.73. The number of hydrogen-bond acceptors (Lipinski definition) is 4. The Balaban J connectivity index is 2.07. The van der Waals surface area contributed by atoms with E-state index in [1.807, 2.05) is 24.3 Å². The molecule has 5 heteroatoms. The number of esters is 1. The zero-order chi connectivity index (χ0) is 18.4. The van der Waals surface area contributed by atoms with Crippen molar-refractivity contribution < 1.29 is 14.3 Å². The Hall–Kier alpha value is -2.82. The Morgan fingerprint density at radius 3 is 2.20 bits per heavy atom. The van der Waals surface area contributed by atoms with Gasteiger partial charge < -0.3 is 15.4 Å². The lowest BCUT2D eigenvalue weighted by molar-refractivity contribution is -0.114. The van der Waals surface area contributed by atoms with Gasteiger partial charge in [0.25, 0.3) is 0 Å². The van der Waals surface area contributed by atoms with Crippen molar-refractivity contribution in [2.45, 2.75) is 26.2 Å². The second kappa shape index (κ2) is 7.83. The van der Waals surface area contributed by atoms with Crippen LogP contribution in [0.1, 0.15) is 36.7 Å². The molecule has 2 aromatic rings. The van der Waals surface area contributed by atoms with E-state index in [9.17, 15) is 9.59 Å². The van der Waals surface area contributed by atoms with Crippen molar-refractivity contribution in [3.63, 3.8) is 0 Å². The SMILES string of the molecule is COC(=O)c1ccccc1NC(=O)CNc1ccccc1C(C)(C)C. The van der Waals surface area contributed by atoms with Gasteiger partial charge in [-0.15, -0.1) is 0 Å². The predicted octanol–water partition coefficient (Wildman–Crippen LogP) is 3.82. The van der Waals surface area contributed by atoms with Crippen LogP contribution in [0.4, 0.5) is 11.4 Å². The van der Waals surface area contributed by atoms with Gasteiger partial charge >= 0.3 is 5.97 Å². The molecule has 0 aliphatic carbocycles. The van der Waals surface area contributed by atoms with Crippen molar-refractivity contribution in [1.29, 1.82) is 0 Å². The summed E-state index contributed by atoms with van der Waals surface area (Å²) in [6.07, 6.45) is 0. The number of benzene rings is 2. The summed E-state index contributed by atoms with van der Waals surface area (Å²) in [6.45, 7) is 6.48. The quantitative estimate of drug-likeness (QED) is 0.812. The average molecular weight is 340 g/mol. The number of rotatable bonds is 5. The molecular weight excluding hydrogens is 316 g/mol. The average Bonchev–Trinajstić information content (AvgIpc) is 2.59. The molecule has 132 valence electrons. The fraction of sp³-hybridized carbons (Fsp3) is 0.300. The highest BCUT2D eigenvalue weighted by atomic mass is 16.5. The van der Waals surface area contributed by atoms with Gasteiger partial charge in [0.15, 0.2) is 0 Å². The molecule has 0 spiro atoms. The van der Waals surface area contributed by atoms with Crippen molar-refractivity contribution in [3.05, 3.63) is 59.7 Å². The summed E-state index contributed by atoms with van der Waals surface area (Å²) >= 11 is 0. The van der Waals surface area contributed by atoms with Crippen LogP contribution >= 0.6 is 0 Å². The van der Waals surface area contributed by atoms with E-state index in [0.717, 1.165) is 11.3 Å². The fourth-order valence-corrected chi connectivity index (χ4v) is 2.54. The molecule has 0 saturated heterocycles. The smallest absolute Gasteiger partial charge is 0.339 e. The van der Waals surface area contributed by atoms with Crippen LogP contribution in [0, 0.1) is 0 Å². The van der Waals surface area contributed by atoms with Crippen molar-refractivity contribution in [2.24, 2.45) is 0 Å². The standard InChI is InChI=1S/C20H24N2O3/c1-20(2,3)15-10-6-8-12-17(15)21-13-18(23)22-16-11-7-5-9-14(16)19(24)25-4/h5-12,21H,13H2,1-4H3,(H,22,23). The molecular formula is C20H24N2O3. The molecule has 0 aliphatic heterocycles. The van der Waals surface area contributed by atoms with Crippen LogP contribution in [0.25, 0.3) is 0 Å². The van der Waals surface area contributed by atoms with Crippen LogP contribution in [0.15, 0.2) is 48.5 Å². The lowest BCUT2D eigenvalue weighted by Crippen LogP contribution is -2.24. The van der Waals surface area contributed by atoms with Crippen molar-refractivity contribution >= 4 is 23.3 Å². The van der Waals surface area contributed by atoms with Crippen LogP contribution in [0.3, 0.4) is 0 Å². The van der Waals surface area contributed by atoms with Gasteiger partial charge in [0, 0.05) is 5.69 Å². The van der Waals surface area contributed by atoms with E-state index >= 15 is 0 Å². The minimum absolute atomic E-state index is 0.0302. The Morgan fingerprint density at radius 1 is 0.960 bits per heavy atom. The molecule has 0 aromatic heterocycles. The number of methoxy groups -OCH3 is 1. The summed E-state index contributed by atoms with van der Waals surface area (Å²) in [7, 11) is 1.31. The van der Waals surface area contributed by atoms with E-state index in [4.69, 9.17) is 4.74 Å². The number of carbonyl (C=O) groups excluding carboxylic acids is 2. The number of para-hydroxylation sites is 2. The first-order chi connectivity index (χ1) is 11.8. The van der Waals surface area contributed by atoms with Crippen molar-refractivity contribution in [1.82, 2.24) is 0 Å². The van der Waals surface area contributed by atoms with Gasteiger partial charge in [-0.2, -0.15) is 0 Å². The molecule has 0 aliphatic rings. The van der Waals surface area contributed by atoms with Crippen LogP contribution in [-0.2, 0) is 14.9 Å². The monoisotopic (exact) mass is 340 g/mol. The Labute approximate surface area is 148 Å². The van der Waals surface area contributed by atoms with E-state index in [1.54, 1.807) is 24.3 Å². The highest BCUT2D eigenvalue weighted by molar-refractivity contribution is 6.02. The van der Waals surface area contributed by atoms with Gasteiger partial charge in [0.05, 0.1) is 24.9 Å². The predicted molar refractivity (Wildman–Crippen MR) is 100 cm³/mol. The maximum absolute atomic E-state index is 12.3. The lowest BCUT2D eigenvalue weighted by Gasteiger charge is -2.23. The van der Waals surface area contributed by atoms with Crippen molar-refractivity contribution in [3.8, 4) is 0 Å². The first-order valence-corrected chi connectivity index (χ1v) is 8.13. The number of carbonyl (C=O) groups is 2. The molecule has 25 heavy (non-hydrogen) atoms. The molecule has 0 heterocycles. The maximum atomic E-state index is 12.3. The zero-order valence-electron chi connectivity index (χ0n) is 15.1. The van der Waals surface area contributed by atoms with Crippen molar-refractivity contribution in [2.75, 3.05) is 24.3 Å². The summed E-state index contributed by atoms with van der Waals surface area (Å²) in [6, 6.07) is 14.7. The highest BCUT2D eigenvalue weighted by Crippen LogP contribution is 2.29. The molecule has 2 rings (SSSR count). The molecule has 2 N–H and O–H groups in total. The van der Waals surface area contributed by atoms with E-state index in [1.165, 1.54) is 7.11 Å². The fourth-order valence-electron chi connectivity index (χ4n) is 2.54. The Morgan fingerprint density at radius 2 is 1.56 bits per heavy atom. The second-order valence-electron chi connectivity index (χ2n) is 6.73. The van der Waals surface area contributed by atoms with Gasteiger partial charge in [-0.05, 0) is 29.2 Å². The highest BCUT2D eigenvalue weighted by Gasteiger charge is 2.18. The van der Waals surface area contributed by atoms with Crippen LogP contribution in [0.5, 0.6) is 0 Å². The van der Waals surface area contributed by atoms with Gasteiger partial charge in [0.2, 0.25) is 5.91 Å². The molecule has 2 aromatic carbocycles. The minimum Gasteiger partial charge on any atom is -0.465 e. The minimum atomic E-state index is -0.484. The molecule has 0 unspecified atom stereocenters. The molecule has 0 radical (unpaired) electrons. The van der Waals surface area contributed by atoms with Crippen LogP contribution in [0.2, 0.25) is 0 Å². The number of anilines is 2. The Kier molecular flexibility index (Phi) is 5.80. The zero-order valence-corrected chi connectivity index (χ0v) is 15.1. The number of nitrogens with one attached hydrogen (secondary N) is 2. The first-order valence-electron chi connectivity index (χ1n) is 8.13. The third-order valence-corrected chi connectivity index (χ3v) is 3.78. The molecule has 5 nitrogen and oxygen atoms in total. The van der Waals surface area contributed by atoms with E-state index in [0.29, 0.717) is 11.3 Å². The summed E-state index contributed by atoms with van der Waals surface area (Å²) in [5.41, 5.74) is 2.79. The largest absolute Gasteiger partial charge is 0.465 e. The normalized spacial score (nSPS) is 10.9. The number of ether oxygens (including phenoxy) is 1. The topological polar surface area (TPSA) is 67.4 Å². The third-order valence-electron chi connectivity index (χ3n) is 3.78. The Bertz CT molecular complexity index is 764. The lowest BCUT2D eigenvalue weighted by atomic mass is 9.86. The summed E-state index contributed by atoms with van der Waals surface area (Å²) < 4.78 is 4.74. The van der Waals surface area contributed by atoms with E-state index < -0.39 is 5.97 Å². The number of hydrogen-bond donors (Lipinski definition) is 2. The third kappa shape index (κ3) is 4.83. The summed E-state index contributed by atoms with van der Waals surface area (Å²) in [4.78, 5) is 24.0. The van der Waals surface area contributed by atoms with E-state index in [-0.39, 0.29) is 17.9 Å². The molecule has 1 amide bonds. The van der Waals surface area contributed by atoms with Crippen LogP contribution in [-0.4, -0.2) is 25.5 Å². The first kappa shape index (κ1) is 18.5. The van der Waals surface area contributed by atoms with Crippen LogP contribution < -0.4 is 10.6 Å². The number of amides is 1. The van der Waals surface area contributed by atoms with Gasteiger partial charge in [-0.1, -0.05) is 51.1 Å². The maximum Gasteiger partial charge on any atom is 0.339 e. The van der Waals surface area contributed by atoms with Gasteiger partial charge in [-0.25, -0.2) is 4.79 Å².